The molecule has 0 aliphatic heterocycles. The van der Waals surface area contributed by atoms with Crippen molar-refractivity contribution in [2.24, 2.45) is 5.92 Å². The molecule has 0 amide bonds. The van der Waals surface area contributed by atoms with Crippen molar-refractivity contribution in [3.05, 3.63) is 22.7 Å². The number of carbonyl (C=O) groups excluding carboxylic acids is 1. The summed E-state index contributed by atoms with van der Waals surface area (Å²) < 4.78 is 0. The van der Waals surface area contributed by atoms with E-state index in [2.05, 4.69) is 9.97 Å². The van der Waals surface area contributed by atoms with Crippen LogP contribution < -0.4 is 0 Å². The summed E-state index contributed by atoms with van der Waals surface area (Å²) in [7, 11) is 0. The molecular weight excluding hydrogens is 188 g/mol. The number of aryl methyl sites for hydroxylation is 1. The monoisotopic (exact) mass is 196 g/mol. The highest BCUT2D eigenvalue weighted by molar-refractivity contribution is 6.29. The zero-order valence-corrected chi connectivity index (χ0v) is 7.95. The Morgan fingerprint density at radius 1 is 1.62 bits per heavy atom. The number of hydrogen-bond acceptors (Lipinski definition) is 3. The minimum absolute atomic E-state index is 0.144. The Labute approximate surface area is 81.2 Å². The van der Waals surface area contributed by atoms with E-state index in [0.717, 1.165) is 18.4 Å². The lowest BCUT2D eigenvalue weighted by molar-refractivity contribution is -0.108. The van der Waals surface area contributed by atoms with Gasteiger partial charge in [0, 0.05) is 17.5 Å². The van der Waals surface area contributed by atoms with Crippen molar-refractivity contribution in [3.8, 4) is 0 Å². The van der Waals surface area contributed by atoms with Crippen LogP contribution >= 0.6 is 11.6 Å². The third-order valence-electron chi connectivity index (χ3n) is 2.22. The maximum Gasteiger partial charge on any atom is 0.133 e. The fraction of sp³-hybridized carbons (Fsp3) is 0.444. The molecule has 68 valence electrons. The maximum absolute atomic E-state index is 10.4. The molecule has 0 saturated heterocycles. The van der Waals surface area contributed by atoms with Gasteiger partial charge in [0.1, 0.15) is 17.3 Å². The van der Waals surface area contributed by atoms with Gasteiger partial charge in [-0.3, -0.25) is 0 Å². The third-order valence-corrected chi connectivity index (χ3v) is 2.41. The first kappa shape index (κ1) is 8.63. The Balaban J connectivity index is 2.26. The highest BCUT2D eigenvalue weighted by atomic mass is 35.5. The fourth-order valence-electron chi connectivity index (χ4n) is 1.45. The standard InChI is InChI=1S/C9H9ClN2O/c1-5-11-8(3-9(10)12-5)7-2-6(7)4-13/h3-4,6-7H,2H2,1H3. The molecule has 2 rings (SSSR count). The summed E-state index contributed by atoms with van der Waals surface area (Å²) in [6.45, 7) is 1.80. The molecule has 3 nitrogen and oxygen atoms in total. The SMILES string of the molecule is Cc1nc(Cl)cc(C2CC2C=O)n1. The van der Waals surface area contributed by atoms with Gasteiger partial charge in [-0.1, -0.05) is 11.6 Å². The van der Waals surface area contributed by atoms with Crippen molar-refractivity contribution in [1.29, 1.82) is 0 Å². The van der Waals surface area contributed by atoms with E-state index in [1.54, 1.807) is 13.0 Å². The Morgan fingerprint density at radius 3 is 2.92 bits per heavy atom. The van der Waals surface area contributed by atoms with Crippen molar-refractivity contribution >= 4 is 17.9 Å². The Hall–Kier alpha value is -0.960. The first-order valence-electron chi connectivity index (χ1n) is 4.17. The van der Waals surface area contributed by atoms with Crippen molar-refractivity contribution < 1.29 is 4.79 Å². The van der Waals surface area contributed by atoms with E-state index in [-0.39, 0.29) is 11.8 Å². The highest BCUT2D eigenvalue weighted by Gasteiger charge is 2.39. The Kier molecular flexibility index (Phi) is 2.04. The van der Waals surface area contributed by atoms with Gasteiger partial charge in [0.05, 0.1) is 0 Å². The number of aromatic nitrogens is 2. The van der Waals surface area contributed by atoms with Gasteiger partial charge in [-0.15, -0.1) is 0 Å². The van der Waals surface area contributed by atoms with Crippen LogP contribution in [0.5, 0.6) is 0 Å². The van der Waals surface area contributed by atoms with Crippen LogP contribution in [0.15, 0.2) is 6.07 Å². The summed E-state index contributed by atoms with van der Waals surface area (Å²) in [6.07, 6.45) is 1.88. The number of aldehydes is 1. The minimum atomic E-state index is 0.144. The molecular formula is C9H9ClN2O. The molecule has 1 heterocycles. The molecule has 0 N–H and O–H groups in total. The molecule has 1 aromatic rings. The van der Waals surface area contributed by atoms with Crippen molar-refractivity contribution in [2.75, 3.05) is 0 Å². The van der Waals surface area contributed by atoms with Gasteiger partial charge in [-0.25, -0.2) is 9.97 Å². The zero-order chi connectivity index (χ0) is 9.42. The lowest BCUT2D eigenvalue weighted by Gasteiger charge is -1.99. The lowest BCUT2D eigenvalue weighted by Crippen LogP contribution is -1.95. The normalized spacial score (nSPS) is 25.7. The van der Waals surface area contributed by atoms with E-state index in [4.69, 9.17) is 11.6 Å². The number of halogens is 1. The highest BCUT2D eigenvalue weighted by Crippen LogP contribution is 2.45. The number of nitrogens with zero attached hydrogens (tertiary/aromatic N) is 2. The van der Waals surface area contributed by atoms with E-state index in [1.807, 2.05) is 0 Å². The quantitative estimate of drug-likeness (QED) is 0.535. The van der Waals surface area contributed by atoms with Gasteiger partial charge >= 0.3 is 0 Å². The van der Waals surface area contributed by atoms with Crippen molar-refractivity contribution in [2.45, 2.75) is 19.3 Å². The molecule has 0 aromatic carbocycles. The number of rotatable bonds is 2. The Bertz CT molecular complexity index is 333. The molecule has 0 bridgehead atoms. The van der Waals surface area contributed by atoms with E-state index >= 15 is 0 Å². The van der Waals surface area contributed by atoms with Gasteiger partial charge < -0.3 is 4.79 Å². The van der Waals surface area contributed by atoms with Crippen molar-refractivity contribution in [3.63, 3.8) is 0 Å². The van der Waals surface area contributed by atoms with Gasteiger partial charge in [0.2, 0.25) is 0 Å². The summed E-state index contributed by atoms with van der Waals surface area (Å²) >= 11 is 5.77. The fourth-order valence-corrected chi connectivity index (χ4v) is 1.68. The predicted molar refractivity (Wildman–Crippen MR) is 48.7 cm³/mol. The van der Waals surface area contributed by atoms with Crippen LogP contribution in [0, 0.1) is 12.8 Å². The summed E-state index contributed by atoms with van der Waals surface area (Å²) in [4.78, 5) is 18.6. The summed E-state index contributed by atoms with van der Waals surface area (Å²) in [5, 5.41) is 0.457. The van der Waals surface area contributed by atoms with Gasteiger partial charge in [-0.05, 0) is 19.4 Å². The van der Waals surface area contributed by atoms with E-state index in [1.165, 1.54) is 0 Å². The molecule has 1 aliphatic rings. The summed E-state index contributed by atoms with van der Waals surface area (Å²) in [5.74, 6) is 1.08. The van der Waals surface area contributed by atoms with Gasteiger partial charge in [-0.2, -0.15) is 0 Å². The molecule has 1 aliphatic carbocycles. The van der Waals surface area contributed by atoms with Gasteiger partial charge in [0.15, 0.2) is 0 Å². The second-order valence-electron chi connectivity index (χ2n) is 3.30. The zero-order valence-electron chi connectivity index (χ0n) is 7.20. The molecule has 13 heavy (non-hydrogen) atoms. The van der Waals surface area contributed by atoms with Crippen molar-refractivity contribution in [1.82, 2.24) is 9.97 Å². The van der Waals surface area contributed by atoms with E-state index in [0.29, 0.717) is 11.0 Å². The lowest BCUT2D eigenvalue weighted by atomic mass is 10.2. The average Bonchev–Trinajstić information content (AvgIpc) is 2.80. The minimum Gasteiger partial charge on any atom is -0.303 e. The van der Waals surface area contributed by atoms with Crippen LogP contribution in [0.1, 0.15) is 23.9 Å². The van der Waals surface area contributed by atoms with Crippen LogP contribution in [-0.4, -0.2) is 16.3 Å². The van der Waals surface area contributed by atoms with Crippen LogP contribution in [0.2, 0.25) is 5.15 Å². The maximum atomic E-state index is 10.4. The second-order valence-corrected chi connectivity index (χ2v) is 3.69. The van der Waals surface area contributed by atoms with E-state index < -0.39 is 0 Å². The molecule has 2 atom stereocenters. The molecule has 1 fully saturated rings. The third kappa shape index (κ3) is 1.70. The van der Waals surface area contributed by atoms with Crippen LogP contribution in [0.3, 0.4) is 0 Å². The predicted octanol–water partition coefficient (Wildman–Crippen LogP) is 1.74. The summed E-state index contributed by atoms with van der Waals surface area (Å²) in [5.41, 5.74) is 0.898. The molecule has 4 heteroatoms. The first-order chi connectivity index (χ1) is 6.20. The summed E-state index contributed by atoms with van der Waals surface area (Å²) in [6, 6.07) is 1.74. The second kappa shape index (κ2) is 3.07. The van der Waals surface area contributed by atoms with Crippen LogP contribution in [-0.2, 0) is 4.79 Å². The van der Waals surface area contributed by atoms with E-state index in [9.17, 15) is 4.79 Å². The average molecular weight is 197 g/mol. The van der Waals surface area contributed by atoms with Crippen LogP contribution in [0.25, 0.3) is 0 Å². The molecule has 2 unspecified atom stereocenters. The number of carbonyl (C=O) groups is 1. The Morgan fingerprint density at radius 2 is 2.38 bits per heavy atom. The first-order valence-corrected chi connectivity index (χ1v) is 4.55. The number of hydrogen-bond donors (Lipinski definition) is 0. The molecule has 1 aromatic heterocycles. The van der Waals surface area contributed by atoms with Gasteiger partial charge in [0.25, 0.3) is 0 Å². The smallest absolute Gasteiger partial charge is 0.133 e. The molecule has 0 spiro atoms. The topological polar surface area (TPSA) is 42.9 Å². The van der Waals surface area contributed by atoms with Crippen LogP contribution in [0.4, 0.5) is 0 Å². The largest absolute Gasteiger partial charge is 0.303 e. The molecule has 0 radical (unpaired) electrons. The molecule has 1 saturated carbocycles.